The molecule has 0 bridgehead atoms. The van der Waals surface area contributed by atoms with Gasteiger partial charge in [-0.3, -0.25) is 10.1 Å². The van der Waals surface area contributed by atoms with Crippen LogP contribution in [-0.4, -0.2) is 37.2 Å². The number of nitrogens with zero attached hydrogens (tertiary/aromatic N) is 1. The van der Waals surface area contributed by atoms with Crippen molar-refractivity contribution in [3.8, 4) is 11.5 Å². The van der Waals surface area contributed by atoms with E-state index in [2.05, 4.69) is 10.6 Å². The number of nitro benzene ring substituents is 1. The Labute approximate surface area is 188 Å². The monoisotopic (exact) mass is 461 g/mol. The predicted molar refractivity (Wildman–Crippen MR) is 115 cm³/mol. The second-order valence-electron chi connectivity index (χ2n) is 6.58. The van der Waals surface area contributed by atoms with Gasteiger partial charge < -0.3 is 24.8 Å². The van der Waals surface area contributed by atoms with Gasteiger partial charge in [0.1, 0.15) is 12.4 Å². The summed E-state index contributed by atoms with van der Waals surface area (Å²) in [6.45, 7) is 1.45. The Balaban J connectivity index is 1.99. The van der Waals surface area contributed by atoms with E-state index >= 15 is 0 Å². The van der Waals surface area contributed by atoms with Crippen LogP contribution in [0.1, 0.15) is 18.5 Å². The molecule has 0 spiro atoms. The third-order valence-corrected chi connectivity index (χ3v) is 4.82. The fourth-order valence-electron chi connectivity index (χ4n) is 3.13. The van der Waals surface area contributed by atoms with Gasteiger partial charge in [0, 0.05) is 11.1 Å². The minimum atomic E-state index is -0.826. The van der Waals surface area contributed by atoms with E-state index in [4.69, 9.17) is 25.8 Å². The largest absolute Gasteiger partial charge is 0.497 e. The van der Waals surface area contributed by atoms with Crippen LogP contribution in [0.25, 0.3) is 0 Å². The number of hydrogen-bond donors (Lipinski definition) is 2. The molecule has 2 amide bonds. The van der Waals surface area contributed by atoms with Crippen LogP contribution >= 0.6 is 11.6 Å². The lowest BCUT2D eigenvalue weighted by molar-refractivity contribution is -0.385. The van der Waals surface area contributed by atoms with Crippen LogP contribution in [0.5, 0.6) is 11.5 Å². The van der Waals surface area contributed by atoms with Crippen molar-refractivity contribution < 1.29 is 28.7 Å². The number of halogens is 1. The van der Waals surface area contributed by atoms with Crippen LogP contribution in [0.4, 0.5) is 10.5 Å². The molecule has 0 fully saturated rings. The average molecular weight is 462 g/mol. The number of carbonyl (C=O) groups is 2. The first-order valence-electron chi connectivity index (χ1n) is 9.52. The molecule has 2 aromatic carbocycles. The molecule has 1 heterocycles. The van der Waals surface area contributed by atoms with Crippen molar-refractivity contribution in [2.24, 2.45) is 0 Å². The van der Waals surface area contributed by atoms with Gasteiger partial charge in [-0.05, 0) is 36.8 Å². The molecule has 32 heavy (non-hydrogen) atoms. The molecule has 1 unspecified atom stereocenters. The number of nitro groups is 1. The van der Waals surface area contributed by atoms with Crippen LogP contribution in [0.2, 0.25) is 5.02 Å². The number of methoxy groups -OCH3 is 1. The lowest BCUT2D eigenvalue weighted by Crippen LogP contribution is -2.47. The highest BCUT2D eigenvalue weighted by Gasteiger charge is 2.34. The number of esters is 1. The lowest BCUT2D eigenvalue weighted by atomic mass is 9.95. The van der Waals surface area contributed by atoms with Crippen molar-refractivity contribution in [2.45, 2.75) is 13.0 Å². The summed E-state index contributed by atoms with van der Waals surface area (Å²) in [5.41, 5.74) is 0.506. The Kier molecular flexibility index (Phi) is 7.16. The van der Waals surface area contributed by atoms with Crippen LogP contribution in [0, 0.1) is 10.1 Å². The Bertz CT molecular complexity index is 1070. The number of carbonyl (C=O) groups excluding carboxylic acids is 2. The first-order chi connectivity index (χ1) is 15.3. The fourth-order valence-corrected chi connectivity index (χ4v) is 3.30. The molecule has 2 N–H and O–H groups in total. The minimum absolute atomic E-state index is 0.0658. The van der Waals surface area contributed by atoms with E-state index in [0.29, 0.717) is 11.3 Å². The highest BCUT2D eigenvalue weighted by Crippen LogP contribution is 2.32. The summed E-state index contributed by atoms with van der Waals surface area (Å²) in [7, 11) is 1.52. The molecule has 2 aromatic rings. The number of rotatable bonds is 8. The van der Waals surface area contributed by atoms with Crippen molar-refractivity contribution in [1.82, 2.24) is 10.6 Å². The minimum Gasteiger partial charge on any atom is -0.497 e. The molecule has 0 saturated carbocycles. The van der Waals surface area contributed by atoms with Gasteiger partial charge in [0.05, 0.1) is 36.0 Å². The van der Waals surface area contributed by atoms with Gasteiger partial charge in [-0.2, -0.15) is 0 Å². The van der Waals surface area contributed by atoms with Crippen molar-refractivity contribution >= 4 is 29.3 Å². The van der Waals surface area contributed by atoms with Crippen molar-refractivity contribution in [3.05, 3.63) is 74.4 Å². The van der Waals surface area contributed by atoms with Gasteiger partial charge in [-0.15, -0.1) is 0 Å². The number of ether oxygens (including phenoxy) is 3. The maximum atomic E-state index is 12.8. The molecule has 168 valence electrons. The Morgan fingerprint density at radius 3 is 2.56 bits per heavy atom. The van der Waals surface area contributed by atoms with Crippen molar-refractivity contribution in [3.63, 3.8) is 0 Å². The standard InChI is InChI=1S/C21H20ClN3O7/c1-3-31-20(26)18-15(11-32-17-9-6-13(22)10-16(17)25(28)29)23-21(27)24-19(18)12-4-7-14(30-2)8-5-12/h4-10,19H,3,11H2,1-2H3,(H2,23,24,27). The molecule has 1 aliphatic heterocycles. The molecule has 11 heteroatoms. The van der Waals surface area contributed by atoms with E-state index in [0.717, 1.165) is 6.07 Å². The smallest absolute Gasteiger partial charge is 0.338 e. The highest BCUT2D eigenvalue weighted by molar-refractivity contribution is 6.30. The zero-order valence-corrected chi connectivity index (χ0v) is 18.0. The van der Waals surface area contributed by atoms with E-state index in [-0.39, 0.29) is 40.9 Å². The molecule has 1 atom stereocenters. The Hall–Kier alpha value is -3.79. The molecule has 0 radical (unpaired) electrons. The number of benzene rings is 2. The van der Waals surface area contributed by atoms with Crippen LogP contribution in [-0.2, 0) is 9.53 Å². The predicted octanol–water partition coefficient (Wildman–Crippen LogP) is 3.51. The van der Waals surface area contributed by atoms with Crippen LogP contribution in [0.15, 0.2) is 53.7 Å². The van der Waals surface area contributed by atoms with Crippen LogP contribution in [0.3, 0.4) is 0 Å². The summed E-state index contributed by atoms with van der Waals surface area (Å²) in [6, 6.07) is 9.34. The summed E-state index contributed by atoms with van der Waals surface area (Å²) in [5, 5.41) is 16.7. The van der Waals surface area contributed by atoms with Gasteiger partial charge in [-0.25, -0.2) is 9.59 Å². The molecule has 3 rings (SSSR count). The van der Waals surface area contributed by atoms with Gasteiger partial charge >= 0.3 is 17.7 Å². The maximum absolute atomic E-state index is 12.8. The number of urea groups is 1. The quantitative estimate of drug-likeness (QED) is 0.349. The Morgan fingerprint density at radius 2 is 1.94 bits per heavy atom. The third-order valence-electron chi connectivity index (χ3n) is 4.59. The highest BCUT2D eigenvalue weighted by atomic mass is 35.5. The van der Waals surface area contributed by atoms with Gasteiger partial charge in [0.25, 0.3) is 0 Å². The second-order valence-corrected chi connectivity index (χ2v) is 7.01. The first kappa shape index (κ1) is 22.9. The molecular formula is C21H20ClN3O7. The summed E-state index contributed by atoms with van der Waals surface area (Å²) in [5.74, 6) is -0.122. The second kappa shape index (κ2) is 10.0. The fraction of sp³-hybridized carbons (Fsp3) is 0.238. The SMILES string of the molecule is CCOC(=O)C1=C(COc2ccc(Cl)cc2[N+](=O)[O-])NC(=O)NC1c1ccc(OC)cc1. The number of nitrogens with one attached hydrogen (secondary N) is 2. The molecule has 0 aromatic heterocycles. The molecular weight excluding hydrogens is 442 g/mol. The average Bonchev–Trinajstić information content (AvgIpc) is 2.77. The summed E-state index contributed by atoms with van der Waals surface area (Å²) in [6.07, 6.45) is 0. The first-order valence-corrected chi connectivity index (χ1v) is 9.90. The van der Waals surface area contributed by atoms with E-state index in [1.165, 1.54) is 19.2 Å². The zero-order chi connectivity index (χ0) is 23.3. The third kappa shape index (κ3) is 5.09. The van der Waals surface area contributed by atoms with E-state index in [1.807, 2.05) is 0 Å². The normalized spacial score (nSPS) is 15.5. The topological polar surface area (TPSA) is 129 Å². The zero-order valence-electron chi connectivity index (χ0n) is 17.2. The van der Waals surface area contributed by atoms with Crippen molar-refractivity contribution in [2.75, 3.05) is 20.3 Å². The molecule has 0 aliphatic carbocycles. The van der Waals surface area contributed by atoms with Gasteiger partial charge in [0.15, 0.2) is 5.75 Å². The summed E-state index contributed by atoms with van der Waals surface area (Å²) in [4.78, 5) is 35.8. The van der Waals surface area contributed by atoms with Gasteiger partial charge in [0.2, 0.25) is 0 Å². The van der Waals surface area contributed by atoms with Gasteiger partial charge in [-0.1, -0.05) is 23.7 Å². The van der Waals surface area contributed by atoms with E-state index in [9.17, 15) is 19.7 Å². The molecule has 1 aliphatic rings. The maximum Gasteiger partial charge on any atom is 0.338 e. The number of hydrogen-bond acceptors (Lipinski definition) is 7. The Morgan fingerprint density at radius 1 is 1.22 bits per heavy atom. The summed E-state index contributed by atoms with van der Waals surface area (Å²) < 4.78 is 15.9. The number of amides is 2. The van der Waals surface area contributed by atoms with E-state index in [1.54, 1.807) is 31.2 Å². The molecule has 10 nitrogen and oxygen atoms in total. The lowest BCUT2D eigenvalue weighted by Gasteiger charge is -2.29. The summed E-state index contributed by atoms with van der Waals surface area (Å²) >= 11 is 5.83. The molecule has 0 saturated heterocycles. The van der Waals surface area contributed by atoms with Crippen molar-refractivity contribution in [1.29, 1.82) is 0 Å². The van der Waals surface area contributed by atoms with Crippen LogP contribution < -0.4 is 20.1 Å². The van der Waals surface area contributed by atoms with E-state index < -0.39 is 23.0 Å².